The number of hydrogen-bond acceptors (Lipinski definition) is 0. The van der Waals surface area contributed by atoms with E-state index in [1.807, 2.05) is 20.5 Å². The highest BCUT2D eigenvalue weighted by Gasteiger charge is 2.48. The van der Waals surface area contributed by atoms with Crippen molar-refractivity contribution in [3.63, 3.8) is 0 Å². The summed E-state index contributed by atoms with van der Waals surface area (Å²) in [6.07, 6.45) is 9.53. The minimum atomic E-state index is 1.19. The minimum Gasteiger partial charge on any atom is -0.141 e. The summed E-state index contributed by atoms with van der Waals surface area (Å²) in [6, 6.07) is 8.48. The first-order valence-electron chi connectivity index (χ1n) is 9.35. The molecule has 0 nitrogen and oxygen atoms in total. The summed E-state index contributed by atoms with van der Waals surface area (Å²) in [6.45, 7) is 10.1. The Labute approximate surface area is 141 Å². The second-order valence-corrected chi connectivity index (χ2v) is 6.75. The maximum Gasteiger partial charge on any atom is -0.0355 e. The third-order valence-electron chi connectivity index (χ3n) is 5.57. The van der Waals surface area contributed by atoms with Crippen molar-refractivity contribution in [2.24, 2.45) is 23.7 Å². The number of rotatable bonds is 0. The predicted octanol–water partition coefficient (Wildman–Crippen LogP) is 6.65. The zero-order valence-corrected chi connectivity index (χ0v) is 16.6. The molecule has 5 unspecified atom stereocenters. The highest BCUT2D eigenvalue weighted by molar-refractivity contribution is 7.15. The Bertz CT molecular complexity index is 358. The summed E-state index contributed by atoms with van der Waals surface area (Å²) in [7, 11) is 2.42. The summed E-state index contributed by atoms with van der Waals surface area (Å²) in [4.78, 5) is 0. The summed E-state index contributed by atoms with van der Waals surface area (Å²) in [5.41, 5.74) is 2.66. The van der Waals surface area contributed by atoms with E-state index >= 15 is 0 Å². The second kappa shape index (κ2) is 10.4. The predicted molar refractivity (Wildman–Crippen MR) is 105 cm³/mol. The number of hydrogen-bond donors (Lipinski definition) is 0. The van der Waals surface area contributed by atoms with Crippen LogP contribution < -0.4 is 0 Å². The molecule has 0 saturated heterocycles. The standard InChI is InChI=1S/C10H16.C8H10.C2H6.CH5P/c1-2-9-7-4-5-8(6-7)10(9)3-1;1-7-3-5-8(2)6-4-7;2*1-2/h7-10H,1-6H2;3-6H,1-2H3;1-2H3;2H2,1H3. The largest absolute Gasteiger partial charge is 0.141 e. The Balaban J connectivity index is 0.000000184. The zero-order chi connectivity index (χ0) is 16.5. The highest BCUT2D eigenvalue weighted by atomic mass is 31.0. The molecule has 3 aliphatic rings. The SMILES string of the molecule is C1CC2C3CCC(C3)C2C1.CC.CP.Cc1ccc(C)cc1. The fraction of sp³-hybridized carbons (Fsp3) is 0.714. The molecule has 3 aliphatic carbocycles. The monoisotopic (exact) mass is 320 g/mol. The van der Waals surface area contributed by atoms with E-state index in [0.717, 1.165) is 0 Å². The van der Waals surface area contributed by atoms with Crippen molar-refractivity contribution in [1.82, 2.24) is 0 Å². The van der Waals surface area contributed by atoms with Crippen LogP contribution in [-0.4, -0.2) is 6.66 Å². The maximum atomic E-state index is 2.42. The van der Waals surface area contributed by atoms with E-state index in [4.69, 9.17) is 0 Å². The van der Waals surface area contributed by atoms with E-state index in [9.17, 15) is 0 Å². The molecule has 0 heterocycles. The average molecular weight is 321 g/mol. The van der Waals surface area contributed by atoms with Gasteiger partial charge < -0.3 is 0 Å². The third kappa shape index (κ3) is 5.09. The minimum absolute atomic E-state index is 1.19. The van der Waals surface area contributed by atoms with Gasteiger partial charge in [0.1, 0.15) is 0 Å². The lowest BCUT2D eigenvalue weighted by molar-refractivity contribution is 0.259. The molecule has 1 heteroatoms. The van der Waals surface area contributed by atoms with Crippen LogP contribution in [0.25, 0.3) is 0 Å². The van der Waals surface area contributed by atoms with Crippen molar-refractivity contribution < 1.29 is 0 Å². The molecule has 0 amide bonds. The topological polar surface area (TPSA) is 0 Å². The first-order valence-corrected chi connectivity index (χ1v) is 10.5. The zero-order valence-electron chi connectivity index (χ0n) is 15.4. The van der Waals surface area contributed by atoms with Crippen LogP contribution >= 0.6 is 9.24 Å². The Morgan fingerprint density at radius 3 is 1.45 bits per heavy atom. The second-order valence-electron chi connectivity index (χ2n) is 6.75. The van der Waals surface area contributed by atoms with E-state index in [1.54, 1.807) is 38.5 Å². The smallest absolute Gasteiger partial charge is 0.0355 e. The van der Waals surface area contributed by atoms with E-state index in [0.29, 0.717) is 0 Å². The quantitative estimate of drug-likeness (QED) is 0.469. The van der Waals surface area contributed by atoms with Crippen LogP contribution in [-0.2, 0) is 0 Å². The molecule has 3 saturated carbocycles. The van der Waals surface area contributed by atoms with Crippen LogP contribution in [0.2, 0.25) is 0 Å². The molecular formula is C21H37P. The molecule has 0 radical (unpaired) electrons. The van der Waals surface area contributed by atoms with Crippen molar-refractivity contribution in [1.29, 1.82) is 0 Å². The third-order valence-corrected chi connectivity index (χ3v) is 5.57. The maximum absolute atomic E-state index is 2.42. The first-order chi connectivity index (χ1) is 10.7. The van der Waals surface area contributed by atoms with Gasteiger partial charge in [-0.05, 0) is 69.6 Å². The van der Waals surface area contributed by atoms with Gasteiger partial charge in [0.2, 0.25) is 0 Å². The number of fused-ring (bicyclic) bond motifs is 5. The summed E-state index contributed by atoms with van der Waals surface area (Å²) < 4.78 is 0. The molecule has 0 aromatic heterocycles. The lowest BCUT2D eigenvalue weighted by Gasteiger charge is -2.23. The summed E-state index contributed by atoms with van der Waals surface area (Å²) in [5, 5.41) is 0. The molecule has 1 aromatic carbocycles. The lowest BCUT2D eigenvalue weighted by Crippen LogP contribution is -2.15. The fourth-order valence-corrected chi connectivity index (χ4v) is 4.66. The number of benzene rings is 1. The van der Waals surface area contributed by atoms with Crippen molar-refractivity contribution in [2.45, 2.75) is 66.2 Å². The number of aryl methyl sites for hydroxylation is 2. The Morgan fingerprint density at radius 2 is 1.09 bits per heavy atom. The van der Waals surface area contributed by atoms with Crippen LogP contribution in [0, 0.1) is 37.5 Å². The molecule has 126 valence electrons. The molecular weight excluding hydrogens is 283 g/mol. The molecule has 3 fully saturated rings. The van der Waals surface area contributed by atoms with Gasteiger partial charge in [0.05, 0.1) is 0 Å². The van der Waals surface area contributed by atoms with E-state index < -0.39 is 0 Å². The van der Waals surface area contributed by atoms with Crippen molar-refractivity contribution in [3.8, 4) is 0 Å². The van der Waals surface area contributed by atoms with Gasteiger partial charge >= 0.3 is 0 Å². The van der Waals surface area contributed by atoms with Gasteiger partial charge in [0.25, 0.3) is 0 Å². The van der Waals surface area contributed by atoms with E-state index in [-0.39, 0.29) is 0 Å². The van der Waals surface area contributed by atoms with E-state index in [2.05, 4.69) is 47.4 Å². The Hall–Kier alpha value is -0.350. The normalized spacial score (nSPS) is 30.1. The molecule has 0 aliphatic heterocycles. The Morgan fingerprint density at radius 1 is 0.727 bits per heavy atom. The van der Waals surface area contributed by atoms with Gasteiger partial charge in [-0.25, -0.2) is 0 Å². The average Bonchev–Trinajstić information content (AvgIpc) is 3.29. The molecule has 1 aromatic rings. The summed E-state index contributed by atoms with van der Waals surface area (Å²) >= 11 is 0. The van der Waals surface area contributed by atoms with Crippen LogP contribution in [0.5, 0.6) is 0 Å². The van der Waals surface area contributed by atoms with Crippen LogP contribution in [0.3, 0.4) is 0 Å². The van der Waals surface area contributed by atoms with Crippen LogP contribution in [0.1, 0.15) is 63.5 Å². The highest BCUT2D eigenvalue weighted by Crippen LogP contribution is 2.58. The van der Waals surface area contributed by atoms with Crippen molar-refractivity contribution >= 4 is 9.24 Å². The van der Waals surface area contributed by atoms with Gasteiger partial charge in [0, 0.05) is 0 Å². The van der Waals surface area contributed by atoms with Crippen molar-refractivity contribution in [2.75, 3.05) is 6.66 Å². The van der Waals surface area contributed by atoms with Gasteiger partial charge in [-0.15, -0.1) is 9.24 Å². The van der Waals surface area contributed by atoms with Gasteiger partial charge in [-0.3, -0.25) is 0 Å². The molecule has 22 heavy (non-hydrogen) atoms. The molecule has 2 bridgehead atoms. The van der Waals surface area contributed by atoms with Crippen LogP contribution in [0.15, 0.2) is 24.3 Å². The van der Waals surface area contributed by atoms with Gasteiger partial charge in [-0.1, -0.05) is 62.3 Å². The van der Waals surface area contributed by atoms with Crippen molar-refractivity contribution in [3.05, 3.63) is 35.4 Å². The molecule has 0 spiro atoms. The van der Waals surface area contributed by atoms with Crippen LogP contribution in [0.4, 0.5) is 0 Å². The van der Waals surface area contributed by atoms with Gasteiger partial charge in [-0.2, -0.15) is 0 Å². The first kappa shape index (κ1) is 19.7. The fourth-order valence-electron chi connectivity index (χ4n) is 4.66. The molecule has 5 atom stereocenters. The van der Waals surface area contributed by atoms with E-state index in [1.165, 1.54) is 34.8 Å². The van der Waals surface area contributed by atoms with Gasteiger partial charge in [0.15, 0.2) is 0 Å². The molecule has 0 N–H and O–H groups in total. The Kier molecular flexibility index (Phi) is 9.34. The molecule has 4 rings (SSSR count). The lowest BCUT2D eigenvalue weighted by atomic mass is 9.82. The summed E-state index contributed by atoms with van der Waals surface area (Å²) in [5.74, 6) is 4.80.